The zero-order valence-electron chi connectivity index (χ0n) is 17.6. The molecule has 2 aliphatic rings. The maximum atomic E-state index is 14.6. The van der Waals surface area contributed by atoms with Crippen LogP contribution in [-0.2, 0) is 5.75 Å². The van der Waals surface area contributed by atoms with Crippen LogP contribution >= 0.6 is 11.8 Å². The average molecular weight is 489 g/mol. The molecule has 12 heteroatoms. The van der Waals surface area contributed by atoms with Gasteiger partial charge in [0, 0.05) is 23.5 Å². The summed E-state index contributed by atoms with van der Waals surface area (Å²) in [6, 6.07) is 1.07. The van der Waals surface area contributed by atoms with Crippen molar-refractivity contribution in [3.05, 3.63) is 34.1 Å². The summed E-state index contributed by atoms with van der Waals surface area (Å²) in [5, 5.41) is 11.7. The number of piperidine rings is 1. The molecular formula is C21H24F4N4O3S. The first-order chi connectivity index (χ1) is 15.6. The Kier molecular flexibility index (Phi) is 6.73. The van der Waals surface area contributed by atoms with Crippen molar-refractivity contribution in [1.82, 2.24) is 14.9 Å². The van der Waals surface area contributed by atoms with Gasteiger partial charge in [0.1, 0.15) is 23.1 Å². The summed E-state index contributed by atoms with van der Waals surface area (Å²) in [6.45, 7) is -0.222. The number of aromatic nitrogens is 2. The quantitative estimate of drug-likeness (QED) is 0.527. The SMILES string of the molecule is O=C(O)N1CC[C@H](SCc2nc3cc(NC4CCCC4)cc(F)c3c(=O)[nH]2)C[C@@H]1C(F)(F)F. The van der Waals surface area contributed by atoms with Crippen LogP contribution < -0.4 is 10.9 Å². The number of carboxylic acid groups (broad SMARTS) is 1. The van der Waals surface area contributed by atoms with E-state index < -0.39 is 34.9 Å². The highest BCUT2D eigenvalue weighted by atomic mass is 32.2. The fourth-order valence-corrected chi connectivity index (χ4v) is 5.67. The standard InChI is InChI=1S/C21H24F4N4O3S/c22-14-7-12(26-11-3-1-2-4-11)8-15-18(14)19(30)28-17(27-15)10-33-13-5-6-29(20(31)32)16(9-13)21(23,24)25/h7-8,11,13,16,26H,1-6,9-10H2,(H,31,32)(H,27,28,30)/t13-,16+/m0/s1. The predicted octanol–water partition coefficient (Wildman–Crippen LogP) is 4.72. The second-order valence-electron chi connectivity index (χ2n) is 8.48. The molecule has 1 saturated carbocycles. The fourth-order valence-electron chi connectivity index (χ4n) is 4.55. The molecule has 1 amide bonds. The molecule has 33 heavy (non-hydrogen) atoms. The van der Waals surface area contributed by atoms with Crippen molar-refractivity contribution >= 4 is 34.4 Å². The van der Waals surface area contributed by atoms with Crippen molar-refractivity contribution in [2.75, 3.05) is 11.9 Å². The molecule has 2 aromatic rings. The average Bonchev–Trinajstić information content (AvgIpc) is 3.23. The predicted molar refractivity (Wildman–Crippen MR) is 117 cm³/mol. The number of carbonyl (C=O) groups is 1. The van der Waals surface area contributed by atoms with E-state index in [2.05, 4.69) is 15.3 Å². The molecule has 1 aromatic carbocycles. The van der Waals surface area contributed by atoms with E-state index in [1.807, 2.05) is 0 Å². The molecule has 7 nitrogen and oxygen atoms in total. The van der Waals surface area contributed by atoms with E-state index in [9.17, 15) is 27.2 Å². The third-order valence-corrected chi connectivity index (χ3v) is 7.51. The van der Waals surface area contributed by atoms with Crippen LogP contribution in [0.4, 0.5) is 28.0 Å². The monoisotopic (exact) mass is 488 g/mol. The molecule has 0 unspecified atom stereocenters. The number of aromatic amines is 1. The fraction of sp³-hybridized carbons (Fsp3) is 0.571. The van der Waals surface area contributed by atoms with Gasteiger partial charge in [-0.3, -0.25) is 9.69 Å². The molecule has 180 valence electrons. The molecule has 0 radical (unpaired) electrons. The summed E-state index contributed by atoms with van der Waals surface area (Å²) in [7, 11) is 0. The molecule has 4 rings (SSSR count). The lowest BCUT2D eigenvalue weighted by molar-refractivity contribution is -0.184. The number of H-pyrrole nitrogens is 1. The van der Waals surface area contributed by atoms with Crippen molar-refractivity contribution in [3.63, 3.8) is 0 Å². The van der Waals surface area contributed by atoms with Crippen LogP contribution in [0.25, 0.3) is 10.9 Å². The maximum Gasteiger partial charge on any atom is 0.408 e. The number of anilines is 1. The van der Waals surface area contributed by atoms with E-state index in [0.29, 0.717) is 10.6 Å². The number of thioether (sulfide) groups is 1. The van der Waals surface area contributed by atoms with E-state index in [4.69, 9.17) is 5.11 Å². The molecule has 3 N–H and O–H groups in total. The zero-order valence-corrected chi connectivity index (χ0v) is 18.4. The van der Waals surface area contributed by atoms with E-state index in [1.54, 1.807) is 6.07 Å². The van der Waals surface area contributed by atoms with Gasteiger partial charge in [-0.15, -0.1) is 0 Å². The molecule has 1 aromatic heterocycles. The zero-order chi connectivity index (χ0) is 23.8. The van der Waals surface area contributed by atoms with Gasteiger partial charge in [0.15, 0.2) is 0 Å². The molecule has 1 aliphatic carbocycles. The molecule has 0 spiro atoms. The van der Waals surface area contributed by atoms with Crippen molar-refractivity contribution in [2.24, 2.45) is 0 Å². The van der Waals surface area contributed by atoms with E-state index in [0.717, 1.165) is 25.7 Å². The number of alkyl halides is 3. The largest absolute Gasteiger partial charge is 0.465 e. The summed E-state index contributed by atoms with van der Waals surface area (Å²) in [5.41, 5.74) is 0.0794. The Bertz CT molecular complexity index is 1090. The normalized spacial score (nSPS) is 22.1. The number of nitrogens with one attached hydrogen (secondary N) is 2. The van der Waals surface area contributed by atoms with Crippen molar-refractivity contribution < 1.29 is 27.5 Å². The first-order valence-electron chi connectivity index (χ1n) is 10.8. The topological polar surface area (TPSA) is 98.3 Å². The van der Waals surface area contributed by atoms with Gasteiger partial charge in [0.2, 0.25) is 0 Å². The Morgan fingerprint density at radius 2 is 2.00 bits per heavy atom. The molecule has 0 bridgehead atoms. The van der Waals surface area contributed by atoms with Gasteiger partial charge in [-0.25, -0.2) is 14.2 Å². The van der Waals surface area contributed by atoms with E-state index in [1.165, 1.54) is 17.8 Å². The minimum Gasteiger partial charge on any atom is -0.465 e. The lowest BCUT2D eigenvalue weighted by Gasteiger charge is -2.38. The highest BCUT2D eigenvalue weighted by Crippen LogP contribution is 2.37. The van der Waals surface area contributed by atoms with Crippen LogP contribution in [0, 0.1) is 5.82 Å². The van der Waals surface area contributed by atoms with Crippen molar-refractivity contribution in [3.8, 4) is 0 Å². The molecule has 1 aliphatic heterocycles. The number of amides is 1. The lowest BCUT2D eigenvalue weighted by Crippen LogP contribution is -2.53. The van der Waals surface area contributed by atoms with E-state index in [-0.39, 0.29) is 47.9 Å². The minimum atomic E-state index is -4.66. The molecule has 2 fully saturated rings. The van der Waals surface area contributed by atoms with Gasteiger partial charge in [-0.1, -0.05) is 12.8 Å². The molecule has 2 heterocycles. The molecule has 1 saturated heterocycles. The van der Waals surface area contributed by atoms with Gasteiger partial charge < -0.3 is 15.4 Å². The number of fused-ring (bicyclic) bond motifs is 1. The Labute approximate surface area is 190 Å². The summed E-state index contributed by atoms with van der Waals surface area (Å²) >= 11 is 1.17. The highest BCUT2D eigenvalue weighted by molar-refractivity contribution is 7.99. The summed E-state index contributed by atoms with van der Waals surface area (Å²) in [4.78, 5) is 30.9. The number of nitrogens with zero attached hydrogens (tertiary/aromatic N) is 2. The number of halogens is 4. The third kappa shape index (κ3) is 5.36. The van der Waals surface area contributed by atoms with Gasteiger partial charge >= 0.3 is 12.3 Å². The number of hydrogen-bond acceptors (Lipinski definition) is 5. The molecular weight excluding hydrogens is 464 g/mol. The summed E-state index contributed by atoms with van der Waals surface area (Å²) < 4.78 is 54.5. The van der Waals surface area contributed by atoms with Crippen LogP contribution in [0.15, 0.2) is 16.9 Å². The van der Waals surface area contributed by atoms with Crippen molar-refractivity contribution in [2.45, 2.75) is 67.8 Å². The minimum absolute atomic E-state index is 0.120. The van der Waals surface area contributed by atoms with Gasteiger partial charge in [-0.2, -0.15) is 24.9 Å². The van der Waals surface area contributed by atoms with Crippen LogP contribution in [0.1, 0.15) is 44.3 Å². The Balaban J connectivity index is 1.49. The lowest BCUT2D eigenvalue weighted by atomic mass is 10.0. The van der Waals surface area contributed by atoms with Crippen molar-refractivity contribution in [1.29, 1.82) is 0 Å². The third-order valence-electron chi connectivity index (χ3n) is 6.17. The first kappa shape index (κ1) is 23.7. The first-order valence-corrected chi connectivity index (χ1v) is 11.8. The van der Waals surface area contributed by atoms with Crippen LogP contribution in [0.3, 0.4) is 0 Å². The number of likely N-dealkylation sites (tertiary alicyclic amines) is 1. The molecule has 2 atom stereocenters. The van der Waals surface area contributed by atoms with E-state index >= 15 is 0 Å². The van der Waals surface area contributed by atoms with Crippen LogP contribution in [0.5, 0.6) is 0 Å². The Morgan fingerprint density at radius 3 is 2.67 bits per heavy atom. The number of benzene rings is 1. The van der Waals surface area contributed by atoms with Crippen LogP contribution in [0.2, 0.25) is 0 Å². The Hall–Kier alpha value is -2.50. The maximum absolute atomic E-state index is 14.6. The summed E-state index contributed by atoms with van der Waals surface area (Å²) in [6.07, 6.45) is -2.18. The Morgan fingerprint density at radius 1 is 1.27 bits per heavy atom. The smallest absolute Gasteiger partial charge is 0.408 e. The van der Waals surface area contributed by atoms with Crippen LogP contribution in [-0.4, -0.2) is 56.1 Å². The number of hydrogen-bond donors (Lipinski definition) is 3. The number of rotatable bonds is 5. The van der Waals surface area contributed by atoms with Gasteiger partial charge in [0.05, 0.1) is 11.3 Å². The van der Waals surface area contributed by atoms with Gasteiger partial charge in [0.25, 0.3) is 5.56 Å². The second-order valence-corrected chi connectivity index (χ2v) is 9.77. The summed E-state index contributed by atoms with van der Waals surface area (Å²) in [5.74, 6) is -0.329. The van der Waals surface area contributed by atoms with Gasteiger partial charge in [-0.05, 0) is 37.8 Å². The highest BCUT2D eigenvalue weighted by Gasteiger charge is 2.48. The second kappa shape index (κ2) is 9.40.